The molecule has 0 atom stereocenters. The van der Waals surface area contributed by atoms with Crippen LogP contribution >= 0.6 is 0 Å². The van der Waals surface area contributed by atoms with E-state index in [1.807, 2.05) is 6.92 Å². The number of aliphatic hydroxyl groups excluding tert-OH is 1. The number of carbonyl (C=O) groups excluding carboxylic acids is 1. The molecule has 0 fully saturated rings. The average Bonchev–Trinajstić information content (AvgIpc) is 2.50. The fourth-order valence-electron chi connectivity index (χ4n) is 1.72. The van der Waals surface area contributed by atoms with Crippen LogP contribution in [0.2, 0.25) is 0 Å². The maximum atomic E-state index is 12.0. The predicted molar refractivity (Wildman–Crippen MR) is 78.6 cm³/mol. The van der Waals surface area contributed by atoms with E-state index in [4.69, 9.17) is 19.3 Å². The van der Waals surface area contributed by atoms with E-state index in [0.717, 1.165) is 5.75 Å². The number of benzene rings is 1. The Balaban J connectivity index is 2.45. The Bertz CT molecular complexity index is 407. The lowest BCUT2D eigenvalue weighted by molar-refractivity contribution is -0.134. The zero-order valence-electron chi connectivity index (χ0n) is 12.6. The summed E-state index contributed by atoms with van der Waals surface area (Å²) in [7, 11) is 1.57. The number of amides is 1. The van der Waals surface area contributed by atoms with Crippen LogP contribution in [-0.2, 0) is 9.53 Å². The summed E-state index contributed by atoms with van der Waals surface area (Å²) in [5.74, 6) is 1.18. The van der Waals surface area contributed by atoms with Crippen molar-refractivity contribution in [3.05, 3.63) is 24.3 Å². The summed E-state index contributed by atoms with van der Waals surface area (Å²) in [6.45, 7) is 3.50. The first-order chi connectivity index (χ1) is 10.2. The highest BCUT2D eigenvalue weighted by Crippen LogP contribution is 2.17. The normalized spacial score (nSPS) is 10.2. The van der Waals surface area contributed by atoms with Gasteiger partial charge in [0.15, 0.2) is 6.61 Å². The van der Waals surface area contributed by atoms with E-state index in [0.29, 0.717) is 25.5 Å². The van der Waals surface area contributed by atoms with E-state index in [9.17, 15) is 4.79 Å². The van der Waals surface area contributed by atoms with Gasteiger partial charge in [-0.3, -0.25) is 4.79 Å². The first kappa shape index (κ1) is 17.3. The van der Waals surface area contributed by atoms with Crippen LogP contribution in [0.5, 0.6) is 11.5 Å². The van der Waals surface area contributed by atoms with Crippen molar-refractivity contribution in [2.75, 3.05) is 46.6 Å². The first-order valence-corrected chi connectivity index (χ1v) is 6.94. The van der Waals surface area contributed by atoms with Gasteiger partial charge in [0.05, 0.1) is 19.8 Å². The number of hydrogen-bond acceptors (Lipinski definition) is 5. The van der Waals surface area contributed by atoms with Gasteiger partial charge in [-0.05, 0) is 31.2 Å². The molecule has 0 spiro atoms. The molecule has 118 valence electrons. The van der Waals surface area contributed by atoms with Crippen molar-refractivity contribution >= 4 is 5.91 Å². The average molecular weight is 297 g/mol. The van der Waals surface area contributed by atoms with Gasteiger partial charge >= 0.3 is 0 Å². The first-order valence-electron chi connectivity index (χ1n) is 6.94. The molecular weight excluding hydrogens is 274 g/mol. The van der Waals surface area contributed by atoms with Crippen LogP contribution in [0.25, 0.3) is 0 Å². The lowest BCUT2D eigenvalue weighted by atomic mass is 10.3. The van der Waals surface area contributed by atoms with Gasteiger partial charge in [-0.1, -0.05) is 0 Å². The largest absolute Gasteiger partial charge is 0.494 e. The Labute approximate surface area is 125 Å². The van der Waals surface area contributed by atoms with E-state index in [1.54, 1.807) is 31.4 Å². The van der Waals surface area contributed by atoms with Crippen molar-refractivity contribution in [2.24, 2.45) is 0 Å². The van der Waals surface area contributed by atoms with Crippen molar-refractivity contribution < 1.29 is 24.1 Å². The molecule has 1 aromatic rings. The molecule has 0 bridgehead atoms. The van der Waals surface area contributed by atoms with Crippen molar-refractivity contribution in [1.29, 1.82) is 0 Å². The van der Waals surface area contributed by atoms with Gasteiger partial charge < -0.3 is 24.2 Å². The Morgan fingerprint density at radius 3 is 2.29 bits per heavy atom. The second kappa shape index (κ2) is 10.0. The molecular formula is C15H23NO5. The topological polar surface area (TPSA) is 68.2 Å². The number of ether oxygens (including phenoxy) is 3. The third-order valence-corrected chi connectivity index (χ3v) is 2.78. The lowest BCUT2D eigenvalue weighted by Crippen LogP contribution is -2.39. The summed E-state index contributed by atoms with van der Waals surface area (Å²) in [5.41, 5.74) is 0. The lowest BCUT2D eigenvalue weighted by Gasteiger charge is -2.21. The molecule has 0 saturated carbocycles. The number of nitrogens with zero attached hydrogens (tertiary/aromatic N) is 1. The van der Waals surface area contributed by atoms with Gasteiger partial charge in [0, 0.05) is 20.2 Å². The van der Waals surface area contributed by atoms with Crippen molar-refractivity contribution in [2.45, 2.75) is 6.92 Å². The molecule has 0 aliphatic rings. The highest BCUT2D eigenvalue weighted by Gasteiger charge is 2.13. The summed E-state index contributed by atoms with van der Waals surface area (Å²) in [5, 5.41) is 8.96. The van der Waals surface area contributed by atoms with Crippen LogP contribution in [0.3, 0.4) is 0 Å². The zero-order chi connectivity index (χ0) is 15.5. The van der Waals surface area contributed by atoms with Crippen LogP contribution in [0, 0.1) is 0 Å². The van der Waals surface area contributed by atoms with Gasteiger partial charge in [0.25, 0.3) is 5.91 Å². The highest BCUT2D eigenvalue weighted by atomic mass is 16.5. The van der Waals surface area contributed by atoms with Gasteiger partial charge in [0.2, 0.25) is 0 Å². The van der Waals surface area contributed by atoms with Crippen LogP contribution < -0.4 is 9.47 Å². The van der Waals surface area contributed by atoms with E-state index in [1.165, 1.54) is 4.90 Å². The maximum Gasteiger partial charge on any atom is 0.260 e. The summed E-state index contributed by atoms with van der Waals surface area (Å²) in [4.78, 5) is 13.5. The number of carbonyl (C=O) groups is 1. The van der Waals surface area contributed by atoms with E-state index >= 15 is 0 Å². The van der Waals surface area contributed by atoms with Gasteiger partial charge in [0.1, 0.15) is 11.5 Å². The van der Waals surface area contributed by atoms with Gasteiger partial charge in [-0.25, -0.2) is 0 Å². The van der Waals surface area contributed by atoms with Crippen molar-refractivity contribution in [3.63, 3.8) is 0 Å². The second-order valence-corrected chi connectivity index (χ2v) is 4.29. The van der Waals surface area contributed by atoms with E-state index in [-0.39, 0.29) is 25.7 Å². The Kier molecular flexibility index (Phi) is 8.23. The van der Waals surface area contributed by atoms with E-state index < -0.39 is 0 Å². The van der Waals surface area contributed by atoms with Crippen LogP contribution in [-0.4, -0.2) is 62.5 Å². The molecule has 0 saturated heterocycles. The molecule has 6 nitrogen and oxygen atoms in total. The fraction of sp³-hybridized carbons (Fsp3) is 0.533. The summed E-state index contributed by atoms with van der Waals surface area (Å²) in [6, 6.07) is 7.09. The molecule has 6 heteroatoms. The smallest absolute Gasteiger partial charge is 0.260 e. The monoisotopic (exact) mass is 297 g/mol. The third-order valence-electron chi connectivity index (χ3n) is 2.78. The molecule has 0 aliphatic heterocycles. The molecule has 21 heavy (non-hydrogen) atoms. The molecule has 1 N–H and O–H groups in total. The minimum Gasteiger partial charge on any atom is -0.494 e. The second-order valence-electron chi connectivity index (χ2n) is 4.29. The molecule has 0 heterocycles. The number of methoxy groups -OCH3 is 1. The van der Waals surface area contributed by atoms with Crippen LogP contribution in [0.1, 0.15) is 6.92 Å². The molecule has 1 aromatic carbocycles. The quantitative estimate of drug-likeness (QED) is 0.696. The van der Waals surface area contributed by atoms with Gasteiger partial charge in [-0.2, -0.15) is 0 Å². The van der Waals surface area contributed by atoms with Crippen LogP contribution in [0.15, 0.2) is 24.3 Å². The molecule has 0 aromatic heterocycles. The Morgan fingerprint density at radius 2 is 1.76 bits per heavy atom. The van der Waals surface area contributed by atoms with Crippen molar-refractivity contribution in [1.82, 2.24) is 4.90 Å². The summed E-state index contributed by atoms with van der Waals surface area (Å²) >= 11 is 0. The number of hydrogen-bond donors (Lipinski definition) is 1. The minimum atomic E-state index is -0.185. The molecule has 0 unspecified atom stereocenters. The molecule has 0 radical (unpaired) electrons. The Morgan fingerprint density at radius 1 is 1.14 bits per heavy atom. The van der Waals surface area contributed by atoms with Crippen LogP contribution in [0.4, 0.5) is 0 Å². The SMILES string of the molecule is CCOc1ccc(OCC(=O)N(CCO)CCOC)cc1. The van der Waals surface area contributed by atoms with E-state index in [2.05, 4.69) is 0 Å². The third kappa shape index (κ3) is 6.46. The molecule has 0 aliphatic carbocycles. The standard InChI is InChI=1S/C15H23NO5/c1-3-20-13-4-6-14(7-5-13)21-12-15(18)16(8-10-17)9-11-19-2/h4-7,17H,3,8-12H2,1-2H3. The summed E-state index contributed by atoms with van der Waals surface area (Å²) in [6.07, 6.45) is 0. The maximum absolute atomic E-state index is 12.0. The zero-order valence-corrected chi connectivity index (χ0v) is 12.6. The minimum absolute atomic E-state index is 0.0717. The number of aliphatic hydroxyl groups is 1. The van der Waals surface area contributed by atoms with Gasteiger partial charge in [-0.15, -0.1) is 0 Å². The van der Waals surface area contributed by atoms with Crippen molar-refractivity contribution in [3.8, 4) is 11.5 Å². The fourth-order valence-corrected chi connectivity index (χ4v) is 1.72. The Hall–Kier alpha value is -1.79. The highest BCUT2D eigenvalue weighted by molar-refractivity contribution is 5.77. The predicted octanol–water partition coefficient (Wildman–Crippen LogP) is 0.931. The summed E-state index contributed by atoms with van der Waals surface area (Å²) < 4.78 is 15.7. The number of rotatable bonds is 10. The molecule has 1 amide bonds. The molecule has 1 rings (SSSR count).